The van der Waals surface area contributed by atoms with Gasteiger partial charge in [0.05, 0.1) is 11.9 Å². The number of H-pyrrole nitrogens is 1. The first-order valence-electron chi connectivity index (χ1n) is 5.22. The third-order valence-electron chi connectivity index (χ3n) is 2.98. The summed E-state index contributed by atoms with van der Waals surface area (Å²) >= 11 is 0. The molecule has 0 atom stereocenters. The number of hydrogen-bond acceptors (Lipinski definition) is 2. The van der Waals surface area contributed by atoms with Crippen LogP contribution in [0.5, 0.6) is 0 Å². The molecule has 2 aliphatic carbocycles. The zero-order valence-electron chi connectivity index (χ0n) is 8.66. The minimum atomic E-state index is -0.362. The summed E-state index contributed by atoms with van der Waals surface area (Å²) in [4.78, 5) is 11.4. The Morgan fingerprint density at radius 2 is 2.38 bits per heavy atom. The molecule has 0 aromatic heterocycles. The quantitative estimate of drug-likeness (QED) is 0.754. The number of hydrogen-bond donors (Lipinski definition) is 2. The van der Waals surface area contributed by atoms with Crippen LogP contribution in [-0.2, 0) is 6.42 Å². The molecule has 0 radical (unpaired) electrons. The Morgan fingerprint density at radius 1 is 1.50 bits per heavy atom. The molecule has 0 fully saturated rings. The first-order valence-corrected chi connectivity index (χ1v) is 5.22. The molecule has 1 amide bonds. The van der Waals surface area contributed by atoms with Crippen LogP contribution in [0, 0.1) is 0 Å². The highest BCUT2D eigenvalue weighted by Gasteiger charge is 2.22. The Morgan fingerprint density at radius 3 is 3.19 bits per heavy atom. The van der Waals surface area contributed by atoms with Crippen molar-refractivity contribution < 1.29 is 4.79 Å². The lowest BCUT2D eigenvalue weighted by atomic mass is 10.0. The summed E-state index contributed by atoms with van der Waals surface area (Å²) in [5.41, 5.74) is 10.1. The van der Waals surface area contributed by atoms with Crippen molar-refractivity contribution in [1.29, 1.82) is 0 Å². The summed E-state index contributed by atoms with van der Waals surface area (Å²) < 4.78 is 0. The van der Waals surface area contributed by atoms with Gasteiger partial charge in [0.1, 0.15) is 0 Å². The van der Waals surface area contributed by atoms with E-state index in [0.29, 0.717) is 5.56 Å². The van der Waals surface area contributed by atoms with E-state index in [-0.39, 0.29) is 5.91 Å². The summed E-state index contributed by atoms with van der Waals surface area (Å²) in [6.45, 7) is 0. The van der Waals surface area contributed by atoms with Crippen LogP contribution in [0.15, 0.2) is 18.3 Å². The molecule has 3 N–H and O–H groups in total. The second-order valence-corrected chi connectivity index (χ2v) is 3.96. The number of carbonyl (C=O) groups excluding carboxylic acids is 1. The van der Waals surface area contributed by atoms with E-state index in [0.717, 1.165) is 35.2 Å². The molecule has 0 saturated heterocycles. The summed E-state index contributed by atoms with van der Waals surface area (Å²) in [5, 5.41) is 7.00. The number of nitrogens with zero attached hydrogens (tertiary/aromatic N) is 1. The fourth-order valence-corrected chi connectivity index (χ4v) is 2.30. The van der Waals surface area contributed by atoms with E-state index in [2.05, 4.69) is 16.3 Å². The van der Waals surface area contributed by atoms with Crippen molar-refractivity contribution in [2.24, 2.45) is 5.73 Å². The fourth-order valence-electron chi connectivity index (χ4n) is 2.30. The number of primary amides is 1. The van der Waals surface area contributed by atoms with Crippen LogP contribution in [0.1, 0.15) is 28.0 Å². The second-order valence-electron chi connectivity index (χ2n) is 3.96. The standard InChI is InChI=1S/C12H11N3O/c13-12(16)9-5-7-6-14-15-10-4-2-1-3-8(9)11(7)10/h2,4-6,15H,1,3H2,(H2,13,16). The van der Waals surface area contributed by atoms with Crippen LogP contribution in [0.4, 0.5) is 0 Å². The Kier molecular flexibility index (Phi) is 1.83. The largest absolute Gasteiger partial charge is 0.366 e. The van der Waals surface area contributed by atoms with Crippen LogP contribution >= 0.6 is 0 Å². The van der Waals surface area contributed by atoms with Crippen molar-refractivity contribution in [3.63, 3.8) is 0 Å². The van der Waals surface area contributed by atoms with E-state index >= 15 is 0 Å². The molecule has 3 rings (SSSR count). The molecule has 0 bridgehead atoms. The third-order valence-corrected chi connectivity index (χ3v) is 2.98. The Balaban J connectivity index is 2.38. The summed E-state index contributed by atoms with van der Waals surface area (Å²) in [6, 6.07) is 1.83. The van der Waals surface area contributed by atoms with Crippen LogP contribution in [-0.4, -0.2) is 16.1 Å². The van der Waals surface area contributed by atoms with Gasteiger partial charge in [0, 0.05) is 16.7 Å². The first-order chi connectivity index (χ1) is 7.77. The van der Waals surface area contributed by atoms with Crippen LogP contribution in [0.2, 0.25) is 0 Å². The number of allylic oxidation sites excluding steroid dienone is 1. The van der Waals surface area contributed by atoms with Crippen molar-refractivity contribution in [1.82, 2.24) is 10.2 Å². The van der Waals surface area contributed by atoms with Crippen molar-refractivity contribution in [3.05, 3.63) is 35.2 Å². The molecule has 0 aromatic carbocycles. The Hall–Kier alpha value is -2.10. The minimum Gasteiger partial charge on any atom is -0.366 e. The lowest BCUT2D eigenvalue weighted by molar-refractivity contribution is 0.1000. The molecular formula is C12H11N3O. The molecule has 0 saturated carbocycles. The minimum absolute atomic E-state index is 0.362. The van der Waals surface area contributed by atoms with Gasteiger partial charge in [-0.05, 0) is 30.5 Å². The van der Waals surface area contributed by atoms with E-state index in [9.17, 15) is 4.79 Å². The van der Waals surface area contributed by atoms with Gasteiger partial charge in [-0.3, -0.25) is 9.89 Å². The first kappa shape index (κ1) is 9.15. The van der Waals surface area contributed by atoms with Gasteiger partial charge in [0.15, 0.2) is 0 Å². The predicted molar refractivity (Wildman–Crippen MR) is 61.1 cm³/mol. The fraction of sp³-hybridized carbons (Fsp3) is 0.167. The number of amides is 1. The maximum Gasteiger partial charge on any atom is 0.249 e. The van der Waals surface area contributed by atoms with E-state index in [1.54, 1.807) is 6.20 Å². The van der Waals surface area contributed by atoms with Crippen LogP contribution < -0.4 is 5.73 Å². The molecular weight excluding hydrogens is 202 g/mol. The molecule has 1 heterocycles. The highest BCUT2D eigenvalue weighted by molar-refractivity contribution is 6.00. The summed E-state index contributed by atoms with van der Waals surface area (Å²) in [7, 11) is 0. The average molecular weight is 213 g/mol. The molecule has 0 unspecified atom stereocenters. The van der Waals surface area contributed by atoms with E-state index < -0.39 is 0 Å². The lowest BCUT2D eigenvalue weighted by Crippen LogP contribution is -2.11. The van der Waals surface area contributed by atoms with Gasteiger partial charge in [-0.1, -0.05) is 6.08 Å². The van der Waals surface area contributed by atoms with Gasteiger partial charge in [0.25, 0.3) is 0 Å². The SMILES string of the molecule is NC(=O)c1cc2cn[nH]c3c-2c1CCC=C3. The van der Waals surface area contributed by atoms with Gasteiger partial charge >= 0.3 is 0 Å². The lowest BCUT2D eigenvalue weighted by Gasteiger charge is -2.05. The summed E-state index contributed by atoms with van der Waals surface area (Å²) in [5.74, 6) is -0.362. The normalized spacial score (nSPS) is 14.0. The van der Waals surface area contributed by atoms with Gasteiger partial charge < -0.3 is 5.73 Å². The van der Waals surface area contributed by atoms with E-state index in [4.69, 9.17) is 5.73 Å². The van der Waals surface area contributed by atoms with Crippen molar-refractivity contribution in [2.45, 2.75) is 12.8 Å². The molecule has 3 aliphatic rings. The highest BCUT2D eigenvalue weighted by Crippen LogP contribution is 2.36. The van der Waals surface area contributed by atoms with Gasteiger partial charge in [-0.25, -0.2) is 0 Å². The zero-order valence-corrected chi connectivity index (χ0v) is 8.66. The van der Waals surface area contributed by atoms with Gasteiger partial charge in [-0.2, -0.15) is 5.10 Å². The molecule has 4 nitrogen and oxygen atoms in total. The van der Waals surface area contributed by atoms with Gasteiger partial charge in [0.2, 0.25) is 5.91 Å². The highest BCUT2D eigenvalue weighted by atomic mass is 16.1. The molecule has 4 heteroatoms. The van der Waals surface area contributed by atoms with Crippen LogP contribution in [0.3, 0.4) is 0 Å². The number of carbonyl (C=O) groups is 1. The van der Waals surface area contributed by atoms with Crippen LogP contribution in [0.25, 0.3) is 17.2 Å². The second kappa shape index (κ2) is 3.20. The molecule has 16 heavy (non-hydrogen) atoms. The smallest absolute Gasteiger partial charge is 0.249 e. The zero-order chi connectivity index (χ0) is 11.1. The number of aromatic amines is 1. The maximum absolute atomic E-state index is 11.4. The average Bonchev–Trinajstić information content (AvgIpc) is 2.50. The maximum atomic E-state index is 11.4. The number of aromatic nitrogens is 2. The van der Waals surface area contributed by atoms with E-state index in [1.807, 2.05) is 12.1 Å². The van der Waals surface area contributed by atoms with Crippen molar-refractivity contribution in [3.8, 4) is 11.1 Å². The monoisotopic (exact) mass is 213 g/mol. The molecule has 1 aliphatic heterocycles. The Labute approximate surface area is 92.5 Å². The molecule has 0 spiro atoms. The predicted octanol–water partition coefficient (Wildman–Crippen LogP) is 1.57. The van der Waals surface area contributed by atoms with Crippen molar-refractivity contribution >= 4 is 12.0 Å². The molecule has 0 aromatic rings. The summed E-state index contributed by atoms with van der Waals surface area (Å²) in [6.07, 6.45) is 7.59. The third kappa shape index (κ3) is 1.16. The molecule has 80 valence electrons. The van der Waals surface area contributed by atoms with E-state index in [1.165, 1.54) is 0 Å². The van der Waals surface area contributed by atoms with Crippen molar-refractivity contribution in [2.75, 3.05) is 0 Å². The Bertz CT molecular complexity index is 568. The number of rotatable bonds is 1. The number of nitrogens with one attached hydrogen (secondary N) is 1. The topological polar surface area (TPSA) is 71.8 Å². The van der Waals surface area contributed by atoms with Gasteiger partial charge in [-0.15, -0.1) is 0 Å². The number of nitrogens with two attached hydrogens (primary N) is 1.